The van der Waals surface area contributed by atoms with Crippen LogP contribution in [0.15, 0.2) is 30.3 Å². The van der Waals surface area contributed by atoms with Gasteiger partial charge in [-0.3, -0.25) is 5.32 Å². The quantitative estimate of drug-likeness (QED) is 0.561. The first kappa shape index (κ1) is 9.19. The SMILES string of the molecule is NCCNC(O)c1ccccc1. The van der Waals surface area contributed by atoms with Crippen LogP contribution in [-0.4, -0.2) is 18.2 Å². The number of rotatable bonds is 4. The van der Waals surface area contributed by atoms with Crippen molar-refractivity contribution >= 4 is 0 Å². The number of nitrogens with two attached hydrogens (primary N) is 1. The molecule has 0 aliphatic carbocycles. The van der Waals surface area contributed by atoms with E-state index in [4.69, 9.17) is 5.73 Å². The highest BCUT2D eigenvalue weighted by Crippen LogP contribution is 2.07. The van der Waals surface area contributed by atoms with Crippen molar-refractivity contribution < 1.29 is 5.11 Å². The third kappa shape index (κ3) is 2.62. The van der Waals surface area contributed by atoms with Crippen LogP contribution in [0.5, 0.6) is 0 Å². The summed E-state index contributed by atoms with van der Waals surface area (Å²) in [5.74, 6) is 0. The topological polar surface area (TPSA) is 58.3 Å². The fraction of sp³-hybridized carbons (Fsp3) is 0.333. The van der Waals surface area contributed by atoms with Crippen LogP contribution < -0.4 is 11.1 Å². The summed E-state index contributed by atoms with van der Waals surface area (Å²) in [6.07, 6.45) is -0.602. The van der Waals surface area contributed by atoms with E-state index in [1.807, 2.05) is 30.3 Å². The van der Waals surface area contributed by atoms with Gasteiger partial charge in [-0.2, -0.15) is 0 Å². The Kier molecular flexibility index (Phi) is 3.73. The Bertz CT molecular complexity index is 213. The number of aliphatic hydroxyl groups is 1. The van der Waals surface area contributed by atoms with Gasteiger partial charge in [0.1, 0.15) is 6.23 Å². The van der Waals surface area contributed by atoms with Crippen LogP contribution in [0.4, 0.5) is 0 Å². The molecule has 0 aliphatic heterocycles. The zero-order valence-electron chi connectivity index (χ0n) is 6.90. The molecular weight excluding hydrogens is 152 g/mol. The van der Waals surface area contributed by atoms with Crippen molar-refractivity contribution in [1.29, 1.82) is 0 Å². The van der Waals surface area contributed by atoms with E-state index in [0.29, 0.717) is 13.1 Å². The smallest absolute Gasteiger partial charge is 0.131 e. The molecule has 1 aromatic rings. The molecule has 1 atom stereocenters. The molecule has 0 radical (unpaired) electrons. The van der Waals surface area contributed by atoms with E-state index in [-0.39, 0.29) is 0 Å². The van der Waals surface area contributed by atoms with E-state index in [2.05, 4.69) is 5.32 Å². The molecule has 12 heavy (non-hydrogen) atoms. The highest BCUT2D eigenvalue weighted by Gasteiger charge is 2.02. The molecule has 0 fully saturated rings. The van der Waals surface area contributed by atoms with Crippen molar-refractivity contribution in [2.75, 3.05) is 13.1 Å². The van der Waals surface area contributed by atoms with Gasteiger partial charge in [0.15, 0.2) is 0 Å². The Morgan fingerprint density at radius 1 is 1.33 bits per heavy atom. The molecule has 66 valence electrons. The van der Waals surface area contributed by atoms with Gasteiger partial charge in [0.2, 0.25) is 0 Å². The molecule has 0 amide bonds. The van der Waals surface area contributed by atoms with Gasteiger partial charge in [0, 0.05) is 13.1 Å². The number of hydrogen-bond acceptors (Lipinski definition) is 3. The van der Waals surface area contributed by atoms with Crippen molar-refractivity contribution in [3.8, 4) is 0 Å². The predicted molar refractivity (Wildman–Crippen MR) is 48.5 cm³/mol. The maximum atomic E-state index is 9.48. The van der Waals surface area contributed by atoms with Crippen molar-refractivity contribution in [1.82, 2.24) is 5.32 Å². The second-order valence-corrected chi connectivity index (χ2v) is 2.56. The lowest BCUT2D eigenvalue weighted by molar-refractivity contribution is 0.140. The molecule has 0 aromatic heterocycles. The normalized spacial score (nSPS) is 12.8. The van der Waals surface area contributed by atoms with Gasteiger partial charge in [-0.15, -0.1) is 0 Å². The first-order valence-corrected chi connectivity index (χ1v) is 4.01. The van der Waals surface area contributed by atoms with E-state index in [1.54, 1.807) is 0 Å². The summed E-state index contributed by atoms with van der Waals surface area (Å²) in [7, 11) is 0. The fourth-order valence-electron chi connectivity index (χ4n) is 0.973. The van der Waals surface area contributed by atoms with E-state index >= 15 is 0 Å². The Hall–Kier alpha value is -0.900. The highest BCUT2D eigenvalue weighted by molar-refractivity contribution is 5.16. The van der Waals surface area contributed by atoms with Crippen molar-refractivity contribution in [2.24, 2.45) is 5.73 Å². The number of hydrogen-bond donors (Lipinski definition) is 3. The Labute approximate surface area is 72.2 Å². The van der Waals surface area contributed by atoms with Gasteiger partial charge in [0.25, 0.3) is 0 Å². The third-order valence-electron chi connectivity index (χ3n) is 1.60. The van der Waals surface area contributed by atoms with Gasteiger partial charge in [-0.25, -0.2) is 0 Å². The van der Waals surface area contributed by atoms with Gasteiger partial charge in [-0.05, 0) is 5.56 Å². The summed E-state index contributed by atoms with van der Waals surface area (Å²) in [5, 5.41) is 12.4. The second-order valence-electron chi connectivity index (χ2n) is 2.56. The standard InChI is InChI=1S/C9H14N2O/c10-6-7-11-9(12)8-4-2-1-3-5-8/h1-5,9,11-12H,6-7,10H2. The second kappa shape index (κ2) is 4.87. The van der Waals surface area contributed by atoms with Crippen LogP contribution in [0.3, 0.4) is 0 Å². The summed E-state index contributed by atoms with van der Waals surface area (Å²) in [5.41, 5.74) is 6.15. The maximum Gasteiger partial charge on any atom is 0.131 e. The van der Waals surface area contributed by atoms with E-state index in [9.17, 15) is 5.11 Å². The molecule has 0 saturated heterocycles. The van der Waals surface area contributed by atoms with Gasteiger partial charge in [-0.1, -0.05) is 30.3 Å². The highest BCUT2D eigenvalue weighted by atomic mass is 16.3. The first-order chi connectivity index (χ1) is 5.84. The molecule has 0 bridgehead atoms. The van der Waals surface area contributed by atoms with Gasteiger partial charge >= 0.3 is 0 Å². The third-order valence-corrected chi connectivity index (χ3v) is 1.60. The zero-order chi connectivity index (χ0) is 8.81. The number of aliphatic hydroxyl groups excluding tert-OH is 1. The Balaban J connectivity index is 2.48. The van der Waals surface area contributed by atoms with Crippen LogP contribution in [0.1, 0.15) is 11.8 Å². The lowest BCUT2D eigenvalue weighted by atomic mass is 10.2. The van der Waals surface area contributed by atoms with E-state index in [0.717, 1.165) is 5.56 Å². The minimum atomic E-state index is -0.602. The van der Waals surface area contributed by atoms with Crippen LogP contribution in [0.25, 0.3) is 0 Å². The van der Waals surface area contributed by atoms with Crippen LogP contribution in [0.2, 0.25) is 0 Å². The summed E-state index contributed by atoms with van der Waals surface area (Å²) >= 11 is 0. The minimum Gasteiger partial charge on any atom is -0.374 e. The van der Waals surface area contributed by atoms with Crippen LogP contribution in [-0.2, 0) is 0 Å². The fourth-order valence-corrected chi connectivity index (χ4v) is 0.973. The van der Waals surface area contributed by atoms with Crippen LogP contribution >= 0.6 is 0 Å². The molecule has 0 aliphatic rings. The van der Waals surface area contributed by atoms with E-state index in [1.165, 1.54) is 0 Å². The molecule has 1 rings (SSSR count). The minimum absolute atomic E-state index is 0.532. The largest absolute Gasteiger partial charge is 0.374 e. The van der Waals surface area contributed by atoms with Crippen molar-refractivity contribution in [2.45, 2.75) is 6.23 Å². The lowest BCUT2D eigenvalue weighted by Crippen LogP contribution is -2.26. The summed E-state index contributed by atoms with van der Waals surface area (Å²) in [6, 6.07) is 9.44. The predicted octanol–water partition coefficient (Wildman–Crippen LogP) is 0.226. The molecule has 1 unspecified atom stereocenters. The van der Waals surface area contributed by atoms with Crippen molar-refractivity contribution in [3.05, 3.63) is 35.9 Å². The average molecular weight is 166 g/mol. The Morgan fingerprint density at radius 3 is 2.58 bits per heavy atom. The van der Waals surface area contributed by atoms with Crippen molar-refractivity contribution in [3.63, 3.8) is 0 Å². The molecule has 0 spiro atoms. The molecule has 0 saturated carbocycles. The summed E-state index contributed by atoms with van der Waals surface area (Å²) in [4.78, 5) is 0. The van der Waals surface area contributed by atoms with Crippen LogP contribution in [0, 0.1) is 0 Å². The molecule has 3 heteroatoms. The number of nitrogens with one attached hydrogen (secondary N) is 1. The monoisotopic (exact) mass is 166 g/mol. The molecule has 0 heterocycles. The van der Waals surface area contributed by atoms with E-state index < -0.39 is 6.23 Å². The van der Waals surface area contributed by atoms with Gasteiger partial charge < -0.3 is 10.8 Å². The number of benzene rings is 1. The average Bonchev–Trinajstić information content (AvgIpc) is 2.15. The Morgan fingerprint density at radius 2 is 2.00 bits per heavy atom. The van der Waals surface area contributed by atoms with Gasteiger partial charge in [0.05, 0.1) is 0 Å². The molecule has 1 aromatic carbocycles. The lowest BCUT2D eigenvalue weighted by Gasteiger charge is -2.11. The zero-order valence-corrected chi connectivity index (χ0v) is 6.90. The first-order valence-electron chi connectivity index (χ1n) is 4.01. The molecule has 3 nitrogen and oxygen atoms in total. The maximum absolute atomic E-state index is 9.48. The molecular formula is C9H14N2O. The molecule has 4 N–H and O–H groups in total. The summed E-state index contributed by atoms with van der Waals surface area (Å²) < 4.78 is 0. The summed E-state index contributed by atoms with van der Waals surface area (Å²) in [6.45, 7) is 1.15.